The molecule has 5 amide bonds. The Kier molecular flexibility index (Phi) is 32.8. The minimum Gasteiger partial charge on any atom is -0.495 e. The van der Waals surface area contributed by atoms with E-state index in [4.69, 9.17) is 33.6 Å². The summed E-state index contributed by atoms with van der Waals surface area (Å²) < 4.78 is 76.8. The van der Waals surface area contributed by atoms with E-state index >= 15 is 0 Å². The van der Waals surface area contributed by atoms with E-state index in [1.54, 1.807) is 115 Å². The molecule has 0 unspecified atom stereocenters. The number of rotatable bonds is 27. The number of aromatic carboxylic acids is 2. The van der Waals surface area contributed by atoms with Gasteiger partial charge in [-0.1, -0.05) is 93.6 Å². The van der Waals surface area contributed by atoms with Gasteiger partial charge in [-0.05, 0) is 205 Å². The van der Waals surface area contributed by atoms with Crippen LogP contribution in [0.5, 0.6) is 23.0 Å². The molecule has 0 radical (unpaired) electrons. The number of carboxylic acid groups (broad SMARTS) is 2. The summed E-state index contributed by atoms with van der Waals surface area (Å²) in [6, 6.07) is 42.8. The third-order valence-electron chi connectivity index (χ3n) is 23.7. The summed E-state index contributed by atoms with van der Waals surface area (Å²) in [5, 5.41) is 90.6. The van der Waals surface area contributed by atoms with Gasteiger partial charge in [0.1, 0.15) is 61.5 Å². The van der Waals surface area contributed by atoms with Gasteiger partial charge in [0.05, 0.1) is 172 Å². The minimum atomic E-state index is -1.17. The Morgan fingerprint density at radius 3 is 1.34 bits per heavy atom. The zero-order chi connectivity index (χ0) is 104. The molecule has 8 heterocycles. The first kappa shape index (κ1) is 104. The van der Waals surface area contributed by atoms with Crippen molar-refractivity contribution < 1.29 is 90.5 Å². The highest BCUT2D eigenvalue weighted by atomic mass is 79.9. The van der Waals surface area contributed by atoms with Gasteiger partial charge in [0.2, 0.25) is 0 Å². The molecule has 0 spiro atoms. The average Bonchev–Trinajstić information content (AvgIpc) is 1.68. The number of aryl methyl sites for hydroxylation is 5. The van der Waals surface area contributed by atoms with Crippen molar-refractivity contribution in [2.75, 3.05) is 35.0 Å². The van der Waals surface area contributed by atoms with Gasteiger partial charge in [-0.2, -0.15) is 35.7 Å². The number of nitrogens with zero attached hydrogens (tertiary/aromatic N) is 12. The lowest BCUT2D eigenvalue weighted by Crippen LogP contribution is -2.31. The largest absolute Gasteiger partial charge is 0.495 e. The fraction of sp³-hybridized carbons (Fsp3) is 0.208. The number of H-pyrrole nitrogens is 2. The first-order chi connectivity index (χ1) is 69.8. The van der Waals surface area contributed by atoms with E-state index in [1.807, 2.05) is 112 Å². The number of aromatic nitrogens is 14. The van der Waals surface area contributed by atoms with Crippen LogP contribution in [-0.2, 0) is 48.4 Å². The number of hydrogen-bond donors (Lipinski definition) is 11. The third-order valence-corrected chi connectivity index (χ3v) is 24.3. The molecule has 1 atom stereocenters. The van der Waals surface area contributed by atoms with Gasteiger partial charge in [0.15, 0.2) is 5.82 Å². The number of methoxy groups -OCH3 is 4. The molecule has 746 valence electrons. The summed E-state index contributed by atoms with van der Waals surface area (Å²) in [7, 11) is 15.0. The number of aliphatic hydroxyl groups is 2. The van der Waals surface area contributed by atoms with Gasteiger partial charge in [-0.25, -0.2) is 22.8 Å². The lowest BCUT2D eigenvalue weighted by molar-refractivity contribution is 0.0686. The summed E-state index contributed by atoms with van der Waals surface area (Å²) in [6.45, 7) is 18.6. The molecule has 3 fully saturated rings. The maximum absolute atomic E-state index is 14.1. The molecular formula is C106H103BrF3N19O16. The topological polar surface area (TPSA) is 457 Å². The van der Waals surface area contributed by atoms with Crippen molar-refractivity contribution in [3.8, 4) is 23.0 Å². The number of amides is 5. The summed E-state index contributed by atoms with van der Waals surface area (Å²) in [5.74, 6) is -2.37. The Balaban J connectivity index is 0.000000135. The van der Waals surface area contributed by atoms with E-state index in [2.05, 4.69) is 121 Å². The van der Waals surface area contributed by atoms with Gasteiger partial charge in [0.25, 0.3) is 29.5 Å². The van der Waals surface area contributed by atoms with Crippen LogP contribution < -0.4 is 45.5 Å². The van der Waals surface area contributed by atoms with Gasteiger partial charge < -0.3 is 70.4 Å². The van der Waals surface area contributed by atoms with Crippen molar-refractivity contribution in [2.45, 2.75) is 75.8 Å². The molecule has 3 saturated carbocycles. The number of carbonyl (C=O) groups excluding carboxylic acids is 5. The van der Waals surface area contributed by atoms with Crippen molar-refractivity contribution in [3.63, 3.8) is 0 Å². The zero-order valence-corrected chi connectivity index (χ0v) is 81.9. The lowest BCUT2D eigenvalue weighted by atomic mass is 10.0. The molecule has 0 aliphatic heterocycles. The quantitative estimate of drug-likeness (QED) is 0.0228. The van der Waals surface area contributed by atoms with E-state index in [0.29, 0.717) is 118 Å². The van der Waals surface area contributed by atoms with Crippen LogP contribution in [0.3, 0.4) is 0 Å². The maximum atomic E-state index is 14.1. The summed E-state index contributed by atoms with van der Waals surface area (Å²) >= 11 is 3.11. The van der Waals surface area contributed by atoms with Crippen LogP contribution in [0.2, 0.25) is 0 Å². The highest BCUT2D eigenvalue weighted by molar-refractivity contribution is 9.10. The number of fused-ring (bicyclic) bond motifs is 7. The van der Waals surface area contributed by atoms with Crippen LogP contribution >= 0.6 is 15.9 Å². The predicted molar refractivity (Wildman–Crippen MR) is 550 cm³/mol. The Morgan fingerprint density at radius 2 is 0.890 bits per heavy atom. The SMILES string of the molecule is C=Cc1nn(C)c2c(F)cc(C(=O)NC3CC3)cc12.C=Cc1nn(C)c2c(F)cc(C(=O)O)cc12.C=Cc1nn(C)c2ccc(C(=O)NC3CC3)c(OC)c12.C=Cc1nn(C)c2ccc(C(=O)NCc3ccco3)c(OC)c12.C=Cc1nn(C)c2ccc(C(=O)N[C@H](CO)c3ccccc3)c(OC)c12.COc1c(C(=O)NC2CC2)ccc2n[nH]c(/C=C/c3ccccc3CO)c12.O=C(O)c1cc(F)c2n[nH]c(Br)c2c1. The summed E-state index contributed by atoms with van der Waals surface area (Å²) in [5.41, 5.74) is 12.6. The Morgan fingerprint density at radius 1 is 0.469 bits per heavy atom. The highest BCUT2D eigenvalue weighted by Crippen LogP contribution is 2.40. The highest BCUT2D eigenvalue weighted by Gasteiger charge is 2.32. The average molecular weight is 2040 g/mol. The molecule has 17 aromatic rings. The van der Waals surface area contributed by atoms with Gasteiger partial charge in [0, 0.05) is 75.1 Å². The fourth-order valence-corrected chi connectivity index (χ4v) is 16.5. The van der Waals surface area contributed by atoms with Crippen LogP contribution in [0.4, 0.5) is 13.2 Å². The molecule has 0 bridgehead atoms. The molecule has 39 heteroatoms. The molecule has 9 aromatic carbocycles. The molecule has 145 heavy (non-hydrogen) atoms. The number of halogens is 4. The second-order valence-electron chi connectivity index (χ2n) is 33.4. The van der Waals surface area contributed by atoms with Crippen LogP contribution in [0.25, 0.3) is 119 Å². The van der Waals surface area contributed by atoms with Crippen LogP contribution in [-0.4, -0.2) is 184 Å². The Labute approximate surface area is 835 Å². The third kappa shape index (κ3) is 23.1. The van der Waals surface area contributed by atoms with Gasteiger partial charge in [-0.3, -0.25) is 57.6 Å². The number of furan rings is 1. The molecule has 20 rings (SSSR count). The molecule has 8 aromatic heterocycles. The number of hydrogen-bond acceptors (Lipinski definition) is 21. The normalized spacial score (nSPS) is 12.5. The monoisotopic (exact) mass is 2030 g/mol. The summed E-state index contributed by atoms with van der Waals surface area (Å²) in [4.78, 5) is 83.5. The van der Waals surface area contributed by atoms with Crippen molar-refractivity contribution in [2.24, 2.45) is 35.2 Å². The lowest BCUT2D eigenvalue weighted by Gasteiger charge is -2.18. The van der Waals surface area contributed by atoms with E-state index < -0.39 is 35.4 Å². The number of carboxylic acids is 2. The van der Waals surface area contributed by atoms with Crippen LogP contribution in [0.15, 0.2) is 200 Å². The van der Waals surface area contributed by atoms with E-state index in [9.17, 15) is 56.9 Å². The molecule has 35 nitrogen and oxygen atoms in total. The van der Waals surface area contributed by atoms with Crippen molar-refractivity contribution in [1.82, 2.24) is 95.9 Å². The standard InChI is InChI=1S/C21H21N3O3.C20H21N3O3.C17H17N3O3.C15H17N3O2.C14H14FN3O.C11H9FN2O2.C8H4BrFN2O2/c1-27-20-16(21(26)22-15-7-8-15)9-11-18-19(20)17(23-24-18)10-6-13-4-2-3-5-14(13)12-25;1-4-15-18-17(23(2)22-15)11-10-14(19(18)26-3)20(25)21-16(12-24)13-8-6-5-7-9-13;1-4-13-15-14(20(2)19-13)8-7-12(16(15)22-3)17(21)18-10-11-6-5-9-23-11;1-4-11-13-12(18(2)17-11)8-7-10(14(13)20-3)15(19)16-9-5-6-9;1-3-12-10-6-8(14(19)16-9-4-5-9)7-11(15)13(10)18(2)17-12;1-3-9-7-4-6(11(15)16)5-8(12)10(7)14(2)13-9;9-7-4-1-3(8(13)14)2-5(10)6(4)11-12-7/h2-6,9-11,15,25H,7-8,12H2,1H3,(H,22,26)(H,23,24);4-11,16,24H,1,12H2,2-3H3,(H,21,25);4-9H,1,10H2,2-3H3,(H,18,21);4,7-9H,1,5-6H2,2-3H3,(H,16,19);3,6-7,9H,1,4-5H2,2H3,(H,16,19);3-5H,1H2,2H3,(H,15,16);1-2H,(H,11,12)(H,13,14)/b10-6+;;;;;;/t;16-;;;;;/m.1...../s1. The van der Waals surface area contributed by atoms with E-state index in [-0.39, 0.29) is 77.0 Å². The first-order valence-corrected chi connectivity index (χ1v) is 46.1. The number of carbonyl (C=O) groups is 7. The number of ether oxygens (including phenoxy) is 4. The Hall–Kier alpha value is -17.3. The first-order valence-electron chi connectivity index (χ1n) is 45.3. The van der Waals surface area contributed by atoms with E-state index in [0.717, 1.165) is 122 Å². The number of aliphatic hydroxyl groups excluding tert-OH is 2. The van der Waals surface area contributed by atoms with E-state index in [1.165, 1.54) is 47.9 Å². The van der Waals surface area contributed by atoms with Crippen molar-refractivity contribution in [1.29, 1.82) is 0 Å². The fourth-order valence-electron chi connectivity index (χ4n) is 16.1. The molecule has 3 aliphatic carbocycles. The molecular weight excluding hydrogens is 1930 g/mol. The van der Waals surface area contributed by atoms with Gasteiger partial charge >= 0.3 is 11.9 Å². The predicted octanol–water partition coefficient (Wildman–Crippen LogP) is 17.1. The minimum absolute atomic E-state index is 0.0287. The molecule has 0 saturated heterocycles. The van der Waals surface area contributed by atoms with Crippen molar-refractivity contribution >= 4 is 176 Å². The number of aromatic amines is 2. The summed E-state index contributed by atoms with van der Waals surface area (Å²) in [6.07, 6.45) is 19.5. The number of nitrogens with one attached hydrogen (secondary N) is 7. The smallest absolute Gasteiger partial charge is 0.335 e. The molecule has 3 aliphatic rings. The maximum Gasteiger partial charge on any atom is 0.335 e. The second kappa shape index (κ2) is 45.9. The second-order valence-corrected chi connectivity index (χ2v) is 34.2. The zero-order valence-electron chi connectivity index (χ0n) is 80.3. The number of benzene rings is 9. The van der Waals surface area contributed by atoms with Crippen molar-refractivity contribution in [3.05, 3.63) is 308 Å². The molecule has 11 N–H and O–H groups in total. The Bertz CT molecular complexity index is 7890. The van der Waals surface area contributed by atoms with Crippen LogP contribution in [0.1, 0.15) is 174 Å². The van der Waals surface area contributed by atoms with Gasteiger partial charge in [-0.15, -0.1) is 0 Å². The van der Waals surface area contributed by atoms with Crippen LogP contribution in [0, 0.1) is 17.5 Å².